The molecule has 0 saturated carbocycles. The highest BCUT2D eigenvalue weighted by Gasteiger charge is 2.24. The summed E-state index contributed by atoms with van der Waals surface area (Å²) in [5.41, 5.74) is 0.965. The predicted octanol–water partition coefficient (Wildman–Crippen LogP) is 1.69. The zero-order valence-corrected chi connectivity index (χ0v) is 11.5. The van der Waals surface area contributed by atoms with Gasteiger partial charge in [-0.2, -0.15) is 0 Å². The number of nitrogens with zero attached hydrogens (tertiary/aromatic N) is 2. The molecule has 1 saturated heterocycles. The Morgan fingerprint density at radius 2 is 1.65 bits per heavy atom. The number of benzene rings is 1. The summed E-state index contributed by atoms with van der Waals surface area (Å²) in [6, 6.07) is 9.57. The van der Waals surface area contributed by atoms with Crippen LogP contribution in [0.25, 0.3) is 0 Å². The van der Waals surface area contributed by atoms with Crippen LogP contribution in [0.15, 0.2) is 30.3 Å². The standard InChI is InChI=1S/C15H19N2O3/c1-2-14(18)16-8-10-17(11-9-16)15(19)20-12-13-6-4-3-5-7-13/h3-7H,1-2,8-12H2. The molecule has 107 valence electrons. The molecular weight excluding hydrogens is 256 g/mol. The molecule has 1 aliphatic rings. The van der Waals surface area contributed by atoms with Gasteiger partial charge in [0.15, 0.2) is 0 Å². The molecule has 1 heterocycles. The van der Waals surface area contributed by atoms with Gasteiger partial charge < -0.3 is 14.5 Å². The van der Waals surface area contributed by atoms with Crippen LogP contribution >= 0.6 is 0 Å². The maximum absolute atomic E-state index is 11.9. The topological polar surface area (TPSA) is 49.9 Å². The molecule has 0 spiro atoms. The largest absolute Gasteiger partial charge is 0.445 e. The summed E-state index contributed by atoms with van der Waals surface area (Å²) in [7, 11) is 0. The van der Waals surface area contributed by atoms with Gasteiger partial charge in [-0.25, -0.2) is 4.79 Å². The van der Waals surface area contributed by atoms with Gasteiger partial charge in [0.25, 0.3) is 0 Å². The normalized spacial score (nSPS) is 15.1. The van der Waals surface area contributed by atoms with Crippen molar-refractivity contribution >= 4 is 12.0 Å². The van der Waals surface area contributed by atoms with Gasteiger partial charge >= 0.3 is 6.09 Å². The van der Waals surface area contributed by atoms with Crippen molar-refractivity contribution in [3.8, 4) is 0 Å². The third-order valence-electron chi connectivity index (χ3n) is 3.31. The molecular formula is C15H19N2O3. The van der Waals surface area contributed by atoms with Gasteiger partial charge in [0.05, 0.1) is 0 Å². The summed E-state index contributed by atoms with van der Waals surface area (Å²) in [6.07, 6.45) is -0.0612. The van der Waals surface area contributed by atoms with Crippen LogP contribution in [-0.2, 0) is 16.1 Å². The second kappa shape index (κ2) is 6.93. The minimum Gasteiger partial charge on any atom is -0.445 e. The molecule has 1 fully saturated rings. The van der Waals surface area contributed by atoms with E-state index in [0.717, 1.165) is 5.56 Å². The van der Waals surface area contributed by atoms with Gasteiger partial charge in [-0.1, -0.05) is 30.3 Å². The molecule has 0 aliphatic carbocycles. The Morgan fingerprint density at radius 3 is 2.25 bits per heavy atom. The molecule has 1 aromatic rings. The molecule has 1 aliphatic heterocycles. The van der Waals surface area contributed by atoms with E-state index in [1.807, 2.05) is 30.3 Å². The lowest BCUT2D eigenvalue weighted by molar-refractivity contribution is -0.131. The van der Waals surface area contributed by atoms with Crippen LogP contribution < -0.4 is 0 Å². The molecule has 1 radical (unpaired) electrons. The summed E-state index contributed by atoms with van der Waals surface area (Å²) >= 11 is 0. The number of amides is 2. The second-order valence-electron chi connectivity index (χ2n) is 4.66. The Hall–Kier alpha value is -2.04. The molecule has 0 N–H and O–H groups in total. The Kier molecular flexibility index (Phi) is 4.98. The van der Waals surface area contributed by atoms with Crippen LogP contribution in [0.3, 0.4) is 0 Å². The van der Waals surface area contributed by atoms with E-state index >= 15 is 0 Å². The van der Waals surface area contributed by atoms with E-state index in [2.05, 4.69) is 6.92 Å². The van der Waals surface area contributed by atoms with Crippen molar-refractivity contribution in [2.24, 2.45) is 0 Å². The summed E-state index contributed by atoms with van der Waals surface area (Å²) in [6.45, 7) is 5.98. The van der Waals surface area contributed by atoms with Gasteiger partial charge in [0.1, 0.15) is 6.61 Å². The minimum atomic E-state index is -0.324. The Labute approximate surface area is 119 Å². The lowest BCUT2D eigenvalue weighted by Crippen LogP contribution is -2.50. The van der Waals surface area contributed by atoms with Crippen molar-refractivity contribution in [2.75, 3.05) is 26.2 Å². The first-order valence-electron chi connectivity index (χ1n) is 6.73. The van der Waals surface area contributed by atoms with Crippen LogP contribution in [0, 0.1) is 6.92 Å². The van der Waals surface area contributed by atoms with Gasteiger partial charge in [0.2, 0.25) is 5.91 Å². The first kappa shape index (κ1) is 14.4. The number of hydrogen-bond donors (Lipinski definition) is 0. The van der Waals surface area contributed by atoms with Crippen LogP contribution in [0.2, 0.25) is 0 Å². The lowest BCUT2D eigenvalue weighted by Gasteiger charge is -2.34. The maximum Gasteiger partial charge on any atom is 0.410 e. The summed E-state index contributed by atoms with van der Waals surface area (Å²) < 4.78 is 5.26. The van der Waals surface area contributed by atoms with Crippen molar-refractivity contribution in [3.05, 3.63) is 42.8 Å². The van der Waals surface area contributed by atoms with Crippen molar-refractivity contribution < 1.29 is 14.3 Å². The number of piperazine rings is 1. The van der Waals surface area contributed by atoms with Crippen LogP contribution in [-0.4, -0.2) is 48.0 Å². The molecule has 1 aromatic carbocycles. The van der Waals surface area contributed by atoms with Crippen molar-refractivity contribution in [2.45, 2.75) is 13.0 Å². The van der Waals surface area contributed by atoms with Gasteiger partial charge in [0, 0.05) is 32.6 Å². The fourth-order valence-electron chi connectivity index (χ4n) is 2.11. The number of carbonyl (C=O) groups is 2. The van der Waals surface area contributed by atoms with E-state index in [-0.39, 0.29) is 25.0 Å². The molecule has 0 aromatic heterocycles. The van der Waals surface area contributed by atoms with Crippen molar-refractivity contribution in [3.63, 3.8) is 0 Å². The molecule has 0 bridgehead atoms. The SMILES string of the molecule is [CH2]CC(=O)N1CCN(C(=O)OCc2ccccc2)CC1. The van der Waals surface area contributed by atoms with Crippen LogP contribution in [0.1, 0.15) is 12.0 Å². The number of carbonyl (C=O) groups excluding carboxylic acids is 2. The molecule has 5 nitrogen and oxygen atoms in total. The zero-order chi connectivity index (χ0) is 14.4. The average molecular weight is 275 g/mol. The predicted molar refractivity (Wildman–Crippen MR) is 74.8 cm³/mol. The third kappa shape index (κ3) is 3.73. The molecule has 2 rings (SSSR count). The highest BCUT2D eigenvalue weighted by Crippen LogP contribution is 2.07. The van der Waals surface area contributed by atoms with Crippen molar-refractivity contribution in [1.29, 1.82) is 0 Å². The van der Waals surface area contributed by atoms with E-state index in [9.17, 15) is 9.59 Å². The molecule has 20 heavy (non-hydrogen) atoms. The lowest BCUT2D eigenvalue weighted by atomic mass is 10.2. The zero-order valence-electron chi connectivity index (χ0n) is 11.5. The smallest absolute Gasteiger partial charge is 0.410 e. The summed E-state index contributed by atoms with van der Waals surface area (Å²) in [4.78, 5) is 26.8. The van der Waals surface area contributed by atoms with Crippen LogP contribution in [0.4, 0.5) is 4.79 Å². The second-order valence-corrected chi connectivity index (χ2v) is 4.66. The van der Waals surface area contributed by atoms with Gasteiger partial charge in [-0.15, -0.1) is 0 Å². The van der Waals surface area contributed by atoms with E-state index in [1.54, 1.807) is 9.80 Å². The van der Waals surface area contributed by atoms with Crippen LogP contribution in [0.5, 0.6) is 0 Å². The maximum atomic E-state index is 11.9. The number of ether oxygens (including phenoxy) is 1. The van der Waals surface area contributed by atoms with E-state index in [4.69, 9.17) is 4.74 Å². The van der Waals surface area contributed by atoms with E-state index < -0.39 is 0 Å². The van der Waals surface area contributed by atoms with Gasteiger partial charge in [-0.05, 0) is 12.5 Å². The fourth-order valence-corrected chi connectivity index (χ4v) is 2.11. The molecule has 5 heteroatoms. The Bertz CT molecular complexity index is 453. The highest BCUT2D eigenvalue weighted by atomic mass is 16.6. The third-order valence-corrected chi connectivity index (χ3v) is 3.31. The Morgan fingerprint density at radius 1 is 1.05 bits per heavy atom. The van der Waals surface area contributed by atoms with E-state index in [1.165, 1.54) is 0 Å². The molecule has 0 unspecified atom stereocenters. The molecule has 0 atom stereocenters. The minimum absolute atomic E-state index is 0.0299. The first-order valence-corrected chi connectivity index (χ1v) is 6.73. The highest BCUT2D eigenvalue weighted by molar-refractivity contribution is 5.77. The number of rotatable bonds is 3. The Balaban J connectivity index is 1.76. The first-order chi connectivity index (χ1) is 9.70. The average Bonchev–Trinajstić information content (AvgIpc) is 2.53. The number of hydrogen-bond acceptors (Lipinski definition) is 3. The van der Waals surface area contributed by atoms with Crippen molar-refractivity contribution in [1.82, 2.24) is 9.80 Å². The molecule has 2 amide bonds. The monoisotopic (exact) mass is 275 g/mol. The fraction of sp³-hybridized carbons (Fsp3) is 0.400. The van der Waals surface area contributed by atoms with E-state index in [0.29, 0.717) is 26.2 Å². The summed E-state index contributed by atoms with van der Waals surface area (Å²) in [5, 5.41) is 0. The summed E-state index contributed by atoms with van der Waals surface area (Å²) in [5.74, 6) is 0.0299. The quantitative estimate of drug-likeness (QED) is 0.843. The van der Waals surface area contributed by atoms with Gasteiger partial charge in [-0.3, -0.25) is 4.79 Å².